The van der Waals surface area contributed by atoms with Gasteiger partial charge in [0, 0.05) is 13.2 Å². The molecule has 0 spiro atoms. The maximum absolute atomic E-state index is 10.7. The zero-order valence-electron chi connectivity index (χ0n) is 9.28. The van der Waals surface area contributed by atoms with Gasteiger partial charge in [0.1, 0.15) is 6.79 Å². The first-order valence-corrected chi connectivity index (χ1v) is 5.58. The van der Waals surface area contributed by atoms with Crippen LogP contribution in [0.5, 0.6) is 0 Å². The van der Waals surface area contributed by atoms with Crippen LogP contribution in [0.3, 0.4) is 0 Å². The van der Waals surface area contributed by atoms with Gasteiger partial charge in [-0.25, -0.2) is 0 Å². The van der Waals surface area contributed by atoms with E-state index in [1.165, 1.54) is 0 Å². The highest BCUT2D eigenvalue weighted by atomic mass is 16.7. The van der Waals surface area contributed by atoms with E-state index in [9.17, 15) is 4.79 Å². The van der Waals surface area contributed by atoms with E-state index in [1.807, 2.05) is 0 Å². The summed E-state index contributed by atoms with van der Waals surface area (Å²) < 4.78 is 10.5. The largest absolute Gasteiger partial charge is 0.481 e. The fourth-order valence-electron chi connectivity index (χ4n) is 1.88. The number of carboxylic acids is 1. The summed E-state index contributed by atoms with van der Waals surface area (Å²) in [4.78, 5) is 10.7. The highest BCUT2D eigenvalue weighted by Crippen LogP contribution is 2.22. The van der Waals surface area contributed by atoms with Gasteiger partial charge in [-0.15, -0.1) is 0 Å². The Morgan fingerprint density at radius 3 is 2.87 bits per heavy atom. The van der Waals surface area contributed by atoms with Gasteiger partial charge in [-0.05, 0) is 31.6 Å². The van der Waals surface area contributed by atoms with Gasteiger partial charge in [-0.2, -0.15) is 0 Å². The molecule has 0 saturated carbocycles. The van der Waals surface area contributed by atoms with Crippen LogP contribution in [0.4, 0.5) is 0 Å². The van der Waals surface area contributed by atoms with E-state index in [1.54, 1.807) is 6.92 Å². The predicted octanol–water partition coefficient (Wildman–Crippen LogP) is 1.89. The molecule has 4 nitrogen and oxygen atoms in total. The molecule has 0 radical (unpaired) electrons. The molecule has 15 heavy (non-hydrogen) atoms. The Morgan fingerprint density at radius 1 is 1.40 bits per heavy atom. The number of rotatable bonds is 3. The maximum Gasteiger partial charge on any atom is 0.306 e. The van der Waals surface area contributed by atoms with E-state index in [2.05, 4.69) is 0 Å². The van der Waals surface area contributed by atoms with Crippen LogP contribution in [-0.2, 0) is 14.3 Å². The lowest BCUT2D eigenvalue weighted by atomic mass is 9.90. The van der Waals surface area contributed by atoms with Gasteiger partial charge < -0.3 is 14.6 Å². The van der Waals surface area contributed by atoms with E-state index in [0.717, 1.165) is 32.3 Å². The van der Waals surface area contributed by atoms with Gasteiger partial charge in [0.25, 0.3) is 0 Å². The quantitative estimate of drug-likeness (QED) is 0.782. The smallest absolute Gasteiger partial charge is 0.306 e. The van der Waals surface area contributed by atoms with E-state index >= 15 is 0 Å². The predicted molar refractivity (Wildman–Crippen MR) is 55.5 cm³/mol. The van der Waals surface area contributed by atoms with Crippen LogP contribution >= 0.6 is 0 Å². The average Bonchev–Trinajstić information content (AvgIpc) is 2.31. The molecule has 1 fully saturated rings. The summed E-state index contributed by atoms with van der Waals surface area (Å²) in [5.41, 5.74) is 0. The summed E-state index contributed by atoms with van der Waals surface area (Å²) in [6, 6.07) is 0. The zero-order valence-corrected chi connectivity index (χ0v) is 9.28. The zero-order chi connectivity index (χ0) is 11.1. The fraction of sp³-hybridized carbons (Fsp3) is 0.909. The number of carboxylic acid groups (broad SMARTS) is 1. The van der Waals surface area contributed by atoms with Gasteiger partial charge in [0.2, 0.25) is 0 Å². The standard InChI is InChI=1S/C11H20O4/c1-9(11(12)13)7-10-3-2-5-14-8-15-6-4-10/h9-10H,2-8H2,1H3,(H,12,13). The molecule has 0 bridgehead atoms. The van der Waals surface area contributed by atoms with E-state index in [0.29, 0.717) is 19.3 Å². The molecule has 0 aliphatic carbocycles. The average molecular weight is 216 g/mol. The van der Waals surface area contributed by atoms with Crippen LogP contribution in [0.25, 0.3) is 0 Å². The molecule has 1 saturated heterocycles. The van der Waals surface area contributed by atoms with Gasteiger partial charge in [0.05, 0.1) is 5.92 Å². The lowest BCUT2D eigenvalue weighted by Gasteiger charge is -2.17. The minimum absolute atomic E-state index is 0.253. The van der Waals surface area contributed by atoms with E-state index in [-0.39, 0.29) is 5.92 Å². The van der Waals surface area contributed by atoms with Crippen LogP contribution in [-0.4, -0.2) is 31.1 Å². The van der Waals surface area contributed by atoms with Crippen molar-refractivity contribution in [2.45, 2.75) is 32.6 Å². The van der Waals surface area contributed by atoms with Gasteiger partial charge >= 0.3 is 5.97 Å². The van der Waals surface area contributed by atoms with Crippen LogP contribution in [0.15, 0.2) is 0 Å². The second-order valence-corrected chi connectivity index (χ2v) is 4.21. The van der Waals surface area contributed by atoms with Crippen LogP contribution in [0.2, 0.25) is 0 Å². The molecule has 0 aromatic heterocycles. The molecule has 88 valence electrons. The summed E-state index contributed by atoms with van der Waals surface area (Å²) in [5.74, 6) is -0.499. The molecule has 1 rings (SSSR count). The topological polar surface area (TPSA) is 55.8 Å². The Balaban J connectivity index is 2.32. The van der Waals surface area contributed by atoms with Gasteiger partial charge in [0.15, 0.2) is 0 Å². The third kappa shape index (κ3) is 5.14. The lowest BCUT2D eigenvalue weighted by Crippen LogP contribution is -2.16. The summed E-state index contributed by atoms with van der Waals surface area (Å²) in [7, 11) is 0. The molecule has 0 aromatic carbocycles. The summed E-state index contributed by atoms with van der Waals surface area (Å²) in [6.07, 6.45) is 3.74. The fourth-order valence-corrected chi connectivity index (χ4v) is 1.88. The SMILES string of the molecule is CC(CC1CCCOCOCC1)C(=O)O. The monoisotopic (exact) mass is 216 g/mol. The molecule has 1 aliphatic heterocycles. The minimum atomic E-state index is -0.702. The highest BCUT2D eigenvalue weighted by molar-refractivity contribution is 5.69. The lowest BCUT2D eigenvalue weighted by molar-refractivity contribution is -0.141. The third-order valence-corrected chi connectivity index (χ3v) is 2.85. The van der Waals surface area contributed by atoms with Crippen molar-refractivity contribution < 1.29 is 19.4 Å². The van der Waals surface area contributed by atoms with E-state index in [4.69, 9.17) is 14.6 Å². The molecule has 2 unspecified atom stereocenters. The van der Waals surface area contributed by atoms with Crippen molar-refractivity contribution in [1.82, 2.24) is 0 Å². The first-order chi connectivity index (χ1) is 7.20. The number of ether oxygens (including phenoxy) is 2. The first kappa shape index (κ1) is 12.5. The molecule has 1 N–H and O–H groups in total. The summed E-state index contributed by atoms with van der Waals surface area (Å²) >= 11 is 0. The normalized spacial score (nSPS) is 26.1. The van der Waals surface area contributed by atoms with Gasteiger partial charge in [-0.1, -0.05) is 6.92 Å². The molecular weight excluding hydrogens is 196 g/mol. The highest BCUT2D eigenvalue weighted by Gasteiger charge is 2.18. The Bertz CT molecular complexity index is 183. The summed E-state index contributed by atoms with van der Waals surface area (Å²) in [5, 5.41) is 8.84. The first-order valence-electron chi connectivity index (χ1n) is 5.58. The van der Waals surface area contributed by atoms with E-state index < -0.39 is 5.97 Å². The second kappa shape index (κ2) is 6.80. The van der Waals surface area contributed by atoms with Crippen molar-refractivity contribution >= 4 is 5.97 Å². The minimum Gasteiger partial charge on any atom is -0.481 e. The molecule has 0 amide bonds. The van der Waals surface area contributed by atoms with Crippen molar-refractivity contribution in [3.8, 4) is 0 Å². The summed E-state index contributed by atoms with van der Waals surface area (Å²) in [6.45, 7) is 3.54. The third-order valence-electron chi connectivity index (χ3n) is 2.85. The number of hydrogen-bond acceptors (Lipinski definition) is 3. The Hall–Kier alpha value is -0.610. The van der Waals surface area contributed by atoms with Crippen LogP contribution in [0.1, 0.15) is 32.6 Å². The maximum atomic E-state index is 10.7. The molecule has 1 heterocycles. The Labute approximate surface area is 90.6 Å². The number of hydrogen-bond donors (Lipinski definition) is 1. The molecule has 4 heteroatoms. The van der Waals surface area contributed by atoms with Crippen LogP contribution < -0.4 is 0 Å². The van der Waals surface area contributed by atoms with Crippen LogP contribution in [0, 0.1) is 11.8 Å². The van der Waals surface area contributed by atoms with Crippen molar-refractivity contribution in [2.75, 3.05) is 20.0 Å². The van der Waals surface area contributed by atoms with Crippen molar-refractivity contribution in [2.24, 2.45) is 11.8 Å². The molecule has 1 aliphatic rings. The Kier molecular flexibility index (Phi) is 5.65. The molecular formula is C11H20O4. The van der Waals surface area contributed by atoms with Crippen molar-refractivity contribution in [3.63, 3.8) is 0 Å². The number of carbonyl (C=O) groups is 1. The number of aliphatic carboxylic acids is 1. The second-order valence-electron chi connectivity index (χ2n) is 4.21. The van der Waals surface area contributed by atoms with Crippen molar-refractivity contribution in [3.05, 3.63) is 0 Å². The Morgan fingerprint density at radius 2 is 2.13 bits per heavy atom. The van der Waals surface area contributed by atoms with Crippen molar-refractivity contribution in [1.29, 1.82) is 0 Å². The van der Waals surface area contributed by atoms with Gasteiger partial charge in [-0.3, -0.25) is 4.79 Å². The molecule has 2 atom stereocenters. The molecule has 0 aromatic rings.